The summed E-state index contributed by atoms with van der Waals surface area (Å²) >= 11 is 0. The summed E-state index contributed by atoms with van der Waals surface area (Å²) in [6.07, 6.45) is 0.817. The number of ketones is 1. The quantitative estimate of drug-likeness (QED) is 0.499. The molecule has 5 heteroatoms. The van der Waals surface area contributed by atoms with Crippen LogP contribution in [0.5, 0.6) is 0 Å². The molecule has 1 aliphatic rings. The Bertz CT molecular complexity index is 234. The molecule has 0 N–H and O–H groups in total. The largest absolute Gasteiger partial charge is 0.466 e. The molecule has 1 aliphatic heterocycles. The lowest BCUT2D eigenvalue weighted by Gasteiger charge is -2.17. The first-order chi connectivity index (χ1) is 7.72. The second-order valence-electron chi connectivity index (χ2n) is 3.76. The molecule has 0 unspecified atom stereocenters. The molecule has 0 saturated carbocycles. The van der Waals surface area contributed by atoms with Gasteiger partial charge in [0.1, 0.15) is 6.42 Å². The molecule has 0 aromatic heterocycles. The highest BCUT2D eigenvalue weighted by atomic mass is 16.5. The van der Waals surface area contributed by atoms with Gasteiger partial charge in [0.15, 0.2) is 5.78 Å². The number of Topliss-reactive ketones (excluding diaryl/α,β-unsaturated/α-hetero) is 1. The predicted molar refractivity (Wildman–Crippen MR) is 58.1 cm³/mol. The van der Waals surface area contributed by atoms with Gasteiger partial charge in [0.25, 0.3) is 0 Å². The molecule has 0 aromatic rings. The summed E-state index contributed by atoms with van der Waals surface area (Å²) in [5.74, 6) is -0.515. The van der Waals surface area contributed by atoms with Crippen LogP contribution in [0.15, 0.2) is 0 Å². The normalized spacial score (nSPS) is 17.8. The summed E-state index contributed by atoms with van der Waals surface area (Å²) in [7, 11) is 0. The van der Waals surface area contributed by atoms with E-state index in [1.54, 1.807) is 6.92 Å². The Morgan fingerprint density at radius 2 is 2.12 bits per heavy atom. The number of nitrogens with zero attached hydrogens (tertiary/aromatic N) is 1. The molecule has 1 fully saturated rings. The van der Waals surface area contributed by atoms with Crippen molar-refractivity contribution in [1.82, 2.24) is 4.90 Å². The van der Waals surface area contributed by atoms with E-state index in [0.29, 0.717) is 19.8 Å². The molecule has 1 saturated heterocycles. The van der Waals surface area contributed by atoms with Gasteiger partial charge in [-0.15, -0.1) is 0 Å². The minimum Gasteiger partial charge on any atom is -0.466 e. The van der Waals surface area contributed by atoms with Gasteiger partial charge in [-0.3, -0.25) is 14.5 Å². The van der Waals surface area contributed by atoms with Gasteiger partial charge in [0, 0.05) is 19.7 Å². The van der Waals surface area contributed by atoms with Gasteiger partial charge in [0.2, 0.25) is 0 Å². The summed E-state index contributed by atoms with van der Waals surface area (Å²) < 4.78 is 10.0. The van der Waals surface area contributed by atoms with Crippen LogP contribution >= 0.6 is 0 Å². The SMILES string of the molecule is CCOC(=O)CC(=O)CN1CCCOCC1. The summed E-state index contributed by atoms with van der Waals surface area (Å²) in [6.45, 7) is 5.40. The number of hydrogen-bond acceptors (Lipinski definition) is 5. The topological polar surface area (TPSA) is 55.8 Å². The van der Waals surface area contributed by atoms with Crippen LogP contribution in [-0.2, 0) is 19.1 Å². The molecule has 0 bridgehead atoms. The molecule has 5 nitrogen and oxygen atoms in total. The van der Waals surface area contributed by atoms with Gasteiger partial charge >= 0.3 is 5.97 Å². The van der Waals surface area contributed by atoms with Crippen molar-refractivity contribution in [1.29, 1.82) is 0 Å². The molecular weight excluding hydrogens is 210 g/mol. The maximum absolute atomic E-state index is 11.5. The van der Waals surface area contributed by atoms with Crippen LogP contribution in [-0.4, -0.2) is 56.1 Å². The van der Waals surface area contributed by atoms with Crippen LogP contribution in [0, 0.1) is 0 Å². The zero-order valence-electron chi connectivity index (χ0n) is 9.74. The molecule has 1 rings (SSSR count). The van der Waals surface area contributed by atoms with E-state index >= 15 is 0 Å². The van der Waals surface area contributed by atoms with Crippen molar-refractivity contribution in [3.05, 3.63) is 0 Å². The first-order valence-corrected chi connectivity index (χ1v) is 5.69. The van der Waals surface area contributed by atoms with Crippen LogP contribution in [0.2, 0.25) is 0 Å². The Hall–Kier alpha value is -0.940. The second kappa shape index (κ2) is 7.35. The first kappa shape index (κ1) is 13.1. The Balaban J connectivity index is 2.24. The average molecular weight is 229 g/mol. The highest BCUT2D eigenvalue weighted by Gasteiger charge is 2.16. The lowest BCUT2D eigenvalue weighted by Crippen LogP contribution is -2.33. The van der Waals surface area contributed by atoms with Gasteiger partial charge in [-0.1, -0.05) is 0 Å². The van der Waals surface area contributed by atoms with Crippen LogP contribution in [0.1, 0.15) is 19.8 Å². The molecule has 1 heterocycles. The van der Waals surface area contributed by atoms with Crippen molar-refractivity contribution >= 4 is 11.8 Å². The molecule has 92 valence electrons. The van der Waals surface area contributed by atoms with E-state index in [4.69, 9.17) is 9.47 Å². The zero-order valence-corrected chi connectivity index (χ0v) is 9.74. The van der Waals surface area contributed by atoms with Crippen LogP contribution < -0.4 is 0 Å². The monoisotopic (exact) mass is 229 g/mol. The molecule has 0 atom stereocenters. The molecule has 0 aromatic carbocycles. The fourth-order valence-electron chi connectivity index (χ4n) is 1.63. The van der Waals surface area contributed by atoms with Crippen molar-refractivity contribution in [3.63, 3.8) is 0 Å². The molecular formula is C11H19NO4. The molecule has 0 radical (unpaired) electrons. The zero-order chi connectivity index (χ0) is 11.8. The second-order valence-corrected chi connectivity index (χ2v) is 3.76. The van der Waals surface area contributed by atoms with Crippen LogP contribution in [0.4, 0.5) is 0 Å². The Kier molecular flexibility index (Phi) is 6.03. The van der Waals surface area contributed by atoms with Crippen molar-refractivity contribution in [2.45, 2.75) is 19.8 Å². The Morgan fingerprint density at radius 3 is 2.88 bits per heavy atom. The number of carbonyl (C=O) groups excluding carboxylic acids is 2. The van der Waals surface area contributed by atoms with Gasteiger partial charge in [-0.05, 0) is 13.3 Å². The van der Waals surface area contributed by atoms with E-state index in [0.717, 1.165) is 26.1 Å². The van der Waals surface area contributed by atoms with E-state index in [1.807, 2.05) is 4.90 Å². The summed E-state index contributed by atoms with van der Waals surface area (Å²) in [5.41, 5.74) is 0. The number of rotatable bonds is 5. The van der Waals surface area contributed by atoms with Crippen LogP contribution in [0.25, 0.3) is 0 Å². The Labute approximate surface area is 95.7 Å². The van der Waals surface area contributed by atoms with E-state index in [-0.39, 0.29) is 12.2 Å². The smallest absolute Gasteiger partial charge is 0.313 e. The summed E-state index contributed by atoms with van der Waals surface area (Å²) in [6, 6.07) is 0. The highest BCUT2D eigenvalue weighted by Crippen LogP contribution is 2.00. The summed E-state index contributed by atoms with van der Waals surface area (Å²) in [5, 5.41) is 0. The Morgan fingerprint density at radius 1 is 1.31 bits per heavy atom. The molecule has 16 heavy (non-hydrogen) atoms. The molecule has 0 spiro atoms. The summed E-state index contributed by atoms with van der Waals surface area (Å²) in [4.78, 5) is 24.6. The molecule has 0 amide bonds. The van der Waals surface area contributed by atoms with E-state index in [1.165, 1.54) is 0 Å². The standard InChI is InChI=1S/C11H19NO4/c1-2-16-11(14)8-10(13)9-12-4-3-6-15-7-5-12/h2-9H2,1H3. The lowest BCUT2D eigenvalue weighted by molar-refractivity contribution is -0.145. The van der Waals surface area contributed by atoms with Crippen LogP contribution in [0.3, 0.4) is 0 Å². The van der Waals surface area contributed by atoms with E-state index < -0.39 is 5.97 Å². The minimum atomic E-state index is -0.432. The third kappa shape index (κ3) is 5.23. The van der Waals surface area contributed by atoms with Gasteiger partial charge in [-0.25, -0.2) is 0 Å². The minimum absolute atomic E-state index is 0.0830. The third-order valence-corrected chi connectivity index (χ3v) is 2.36. The van der Waals surface area contributed by atoms with Crippen molar-refractivity contribution in [3.8, 4) is 0 Å². The first-order valence-electron chi connectivity index (χ1n) is 5.69. The van der Waals surface area contributed by atoms with Crippen molar-refractivity contribution in [2.75, 3.05) is 39.5 Å². The van der Waals surface area contributed by atoms with E-state index in [9.17, 15) is 9.59 Å². The van der Waals surface area contributed by atoms with Crippen molar-refractivity contribution < 1.29 is 19.1 Å². The fraction of sp³-hybridized carbons (Fsp3) is 0.818. The average Bonchev–Trinajstić information content (AvgIpc) is 2.46. The predicted octanol–water partition coefficient (Wildman–Crippen LogP) is 0.231. The van der Waals surface area contributed by atoms with Gasteiger partial charge < -0.3 is 9.47 Å². The van der Waals surface area contributed by atoms with Gasteiger partial charge in [0.05, 0.1) is 19.8 Å². The fourth-order valence-corrected chi connectivity index (χ4v) is 1.63. The molecule has 0 aliphatic carbocycles. The maximum Gasteiger partial charge on any atom is 0.313 e. The maximum atomic E-state index is 11.5. The van der Waals surface area contributed by atoms with Gasteiger partial charge in [-0.2, -0.15) is 0 Å². The number of esters is 1. The number of ether oxygens (including phenoxy) is 2. The number of hydrogen-bond donors (Lipinski definition) is 0. The van der Waals surface area contributed by atoms with Crippen molar-refractivity contribution in [2.24, 2.45) is 0 Å². The number of carbonyl (C=O) groups is 2. The van der Waals surface area contributed by atoms with E-state index in [2.05, 4.69) is 0 Å². The highest BCUT2D eigenvalue weighted by molar-refractivity contribution is 5.96. The lowest BCUT2D eigenvalue weighted by atomic mass is 10.2. The third-order valence-electron chi connectivity index (χ3n) is 2.36.